The van der Waals surface area contributed by atoms with Gasteiger partial charge in [-0.3, -0.25) is 0 Å². The number of aliphatic hydroxyl groups is 1. The van der Waals surface area contributed by atoms with Gasteiger partial charge in [-0.05, 0) is 19.9 Å². The van der Waals surface area contributed by atoms with Gasteiger partial charge >= 0.3 is 5.97 Å². The Balaban J connectivity index is 2.74. The van der Waals surface area contributed by atoms with Crippen molar-refractivity contribution in [3.8, 4) is 0 Å². The molecule has 0 aliphatic heterocycles. The van der Waals surface area contributed by atoms with Gasteiger partial charge in [0.25, 0.3) is 0 Å². The molecule has 0 unspecified atom stereocenters. The molecule has 1 rings (SSSR count). The summed E-state index contributed by atoms with van der Waals surface area (Å²) in [5, 5.41) is 11.3. The number of rotatable bonds is 3. The molecule has 1 N–H and O–H groups in total. The molecular formula is C10H14O3S. The summed E-state index contributed by atoms with van der Waals surface area (Å²) in [6.45, 7) is 3.48. The number of carbonyl (C=O) groups excluding carboxylic acids is 1. The Morgan fingerprint density at radius 3 is 2.79 bits per heavy atom. The molecule has 0 amide bonds. The lowest BCUT2D eigenvalue weighted by Crippen LogP contribution is -2.21. The second-order valence-corrected chi connectivity index (χ2v) is 4.78. The minimum atomic E-state index is -0.738. The molecule has 0 spiro atoms. The fourth-order valence-corrected chi connectivity index (χ4v) is 2.20. The molecule has 0 aliphatic carbocycles. The molecule has 0 aliphatic rings. The average Bonchev–Trinajstić information content (AvgIpc) is 2.48. The second-order valence-electron chi connectivity index (χ2n) is 3.78. The van der Waals surface area contributed by atoms with Crippen LogP contribution in [0, 0.1) is 0 Å². The maximum Gasteiger partial charge on any atom is 0.338 e. The van der Waals surface area contributed by atoms with Crippen molar-refractivity contribution in [2.75, 3.05) is 7.11 Å². The van der Waals surface area contributed by atoms with E-state index in [-0.39, 0.29) is 5.97 Å². The highest BCUT2D eigenvalue weighted by atomic mass is 32.1. The van der Waals surface area contributed by atoms with E-state index in [1.807, 2.05) is 0 Å². The summed E-state index contributed by atoms with van der Waals surface area (Å²) in [7, 11) is 1.36. The van der Waals surface area contributed by atoms with Crippen LogP contribution in [-0.4, -0.2) is 23.8 Å². The van der Waals surface area contributed by atoms with Gasteiger partial charge in [0.1, 0.15) is 0 Å². The Morgan fingerprint density at radius 2 is 2.29 bits per heavy atom. The first-order valence-electron chi connectivity index (χ1n) is 4.30. The molecule has 0 saturated heterocycles. The van der Waals surface area contributed by atoms with Crippen molar-refractivity contribution in [1.82, 2.24) is 0 Å². The summed E-state index contributed by atoms with van der Waals surface area (Å²) in [6.07, 6.45) is 0.550. The van der Waals surface area contributed by atoms with Crippen LogP contribution in [0.3, 0.4) is 0 Å². The van der Waals surface area contributed by atoms with Crippen molar-refractivity contribution in [1.29, 1.82) is 0 Å². The molecule has 0 atom stereocenters. The lowest BCUT2D eigenvalue weighted by Gasteiger charge is -2.14. The van der Waals surface area contributed by atoms with Crippen molar-refractivity contribution in [2.24, 2.45) is 0 Å². The van der Waals surface area contributed by atoms with E-state index < -0.39 is 5.60 Å². The van der Waals surface area contributed by atoms with E-state index in [9.17, 15) is 9.90 Å². The third-order valence-electron chi connectivity index (χ3n) is 1.68. The van der Waals surface area contributed by atoms with Gasteiger partial charge in [0.15, 0.2) is 0 Å². The minimum Gasteiger partial charge on any atom is -0.465 e. The number of thiophene rings is 1. The molecule has 3 nitrogen and oxygen atoms in total. The molecule has 0 fully saturated rings. The van der Waals surface area contributed by atoms with E-state index in [1.165, 1.54) is 18.4 Å². The third kappa shape index (κ3) is 3.12. The van der Waals surface area contributed by atoms with Gasteiger partial charge in [0.05, 0.1) is 18.3 Å². The van der Waals surface area contributed by atoms with Gasteiger partial charge in [-0.2, -0.15) is 0 Å². The zero-order valence-corrected chi connectivity index (χ0v) is 9.35. The Hall–Kier alpha value is -0.870. The second kappa shape index (κ2) is 4.11. The number of methoxy groups -OCH3 is 1. The van der Waals surface area contributed by atoms with Crippen LogP contribution in [0.15, 0.2) is 11.4 Å². The first-order chi connectivity index (χ1) is 6.42. The summed E-state index contributed by atoms with van der Waals surface area (Å²) < 4.78 is 4.58. The highest BCUT2D eigenvalue weighted by Crippen LogP contribution is 2.20. The predicted octanol–water partition coefficient (Wildman–Crippen LogP) is 1.85. The molecule has 0 aromatic carbocycles. The molecular weight excluding hydrogens is 200 g/mol. The van der Waals surface area contributed by atoms with E-state index in [1.54, 1.807) is 25.3 Å². The highest BCUT2D eigenvalue weighted by molar-refractivity contribution is 7.10. The Labute approximate surface area is 87.3 Å². The average molecular weight is 214 g/mol. The number of ether oxygens (including phenoxy) is 1. The normalized spacial score (nSPS) is 11.4. The van der Waals surface area contributed by atoms with E-state index in [0.717, 1.165) is 4.88 Å². The van der Waals surface area contributed by atoms with Crippen molar-refractivity contribution in [3.05, 3.63) is 21.9 Å². The smallest absolute Gasteiger partial charge is 0.338 e. The number of esters is 1. The molecule has 0 radical (unpaired) electrons. The van der Waals surface area contributed by atoms with Gasteiger partial charge in [-0.1, -0.05) is 0 Å². The van der Waals surface area contributed by atoms with Gasteiger partial charge < -0.3 is 9.84 Å². The first-order valence-corrected chi connectivity index (χ1v) is 5.18. The predicted molar refractivity (Wildman–Crippen MR) is 55.7 cm³/mol. The van der Waals surface area contributed by atoms with Crippen LogP contribution in [-0.2, 0) is 11.2 Å². The standard InChI is InChI=1S/C10H14O3S/c1-10(2,12)5-8-4-7(6-14-8)9(11)13-3/h4,6,12H,5H2,1-3H3. The summed E-state index contributed by atoms with van der Waals surface area (Å²) in [5.74, 6) is -0.330. The van der Waals surface area contributed by atoms with E-state index in [0.29, 0.717) is 12.0 Å². The number of carbonyl (C=O) groups is 1. The minimum absolute atomic E-state index is 0.330. The van der Waals surface area contributed by atoms with E-state index in [2.05, 4.69) is 4.74 Å². The lowest BCUT2D eigenvalue weighted by molar-refractivity contribution is 0.0600. The van der Waals surface area contributed by atoms with Crippen LogP contribution in [0.4, 0.5) is 0 Å². The zero-order chi connectivity index (χ0) is 10.8. The maximum atomic E-state index is 11.1. The molecule has 1 heterocycles. The van der Waals surface area contributed by atoms with Gasteiger partial charge in [0.2, 0.25) is 0 Å². The molecule has 0 saturated carbocycles. The Bertz CT molecular complexity index is 322. The highest BCUT2D eigenvalue weighted by Gasteiger charge is 2.16. The van der Waals surface area contributed by atoms with Crippen molar-refractivity contribution < 1.29 is 14.6 Å². The number of hydrogen-bond donors (Lipinski definition) is 1. The molecule has 14 heavy (non-hydrogen) atoms. The van der Waals surface area contributed by atoms with Gasteiger partial charge in [-0.25, -0.2) is 4.79 Å². The Morgan fingerprint density at radius 1 is 1.64 bits per heavy atom. The fourth-order valence-electron chi connectivity index (χ4n) is 1.12. The van der Waals surface area contributed by atoms with Crippen LogP contribution >= 0.6 is 11.3 Å². The van der Waals surface area contributed by atoms with Crippen molar-refractivity contribution >= 4 is 17.3 Å². The first kappa shape index (κ1) is 11.2. The third-order valence-corrected chi connectivity index (χ3v) is 2.62. The molecule has 0 bridgehead atoms. The van der Waals surface area contributed by atoms with Gasteiger partial charge in [0, 0.05) is 16.7 Å². The van der Waals surface area contributed by atoms with Crippen LogP contribution in [0.2, 0.25) is 0 Å². The fraction of sp³-hybridized carbons (Fsp3) is 0.500. The molecule has 1 aromatic heterocycles. The largest absolute Gasteiger partial charge is 0.465 e. The Kier molecular flexibility index (Phi) is 3.29. The summed E-state index contributed by atoms with van der Waals surface area (Å²) in [5.41, 5.74) is -0.185. The molecule has 4 heteroatoms. The maximum absolute atomic E-state index is 11.1. The van der Waals surface area contributed by atoms with E-state index in [4.69, 9.17) is 0 Å². The lowest BCUT2D eigenvalue weighted by atomic mass is 10.0. The quantitative estimate of drug-likeness (QED) is 0.781. The zero-order valence-electron chi connectivity index (χ0n) is 8.53. The molecule has 1 aromatic rings. The number of hydrogen-bond acceptors (Lipinski definition) is 4. The SMILES string of the molecule is COC(=O)c1csc(CC(C)(C)O)c1. The van der Waals surface area contributed by atoms with Crippen molar-refractivity contribution in [2.45, 2.75) is 25.9 Å². The topological polar surface area (TPSA) is 46.5 Å². The van der Waals surface area contributed by atoms with Crippen molar-refractivity contribution in [3.63, 3.8) is 0 Å². The monoisotopic (exact) mass is 214 g/mol. The van der Waals surface area contributed by atoms with Crippen LogP contribution in [0.1, 0.15) is 29.1 Å². The van der Waals surface area contributed by atoms with E-state index >= 15 is 0 Å². The van der Waals surface area contributed by atoms with Crippen LogP contribution < -0.4 is 0 Å². The summed E-state index contributed by atoms with van der Waals surface area (Å²) in [6, 6.07) is 1.76. The molecule has 78 valence electrons. The van der Waals surface area contributed by atoms with Crippen LogP contribution in [0.25, 0.3) is 0 Å². The van der Waals surface area contributed by atoms with Gasteiger partial charge in [-0.15, -0.1) is 11.3 Å². The summed E-state index contributed by atoms with van der Waals surface area (Å²) in [4.78, 5) is 12.1. The summed E-state index contributed by atoms with van der Waals surface area (Å²) >= 11 is 1.46. The van der Waals surface area contributed by atoms with Crippen LogP contribution in [0.5, 0.6) is 0 Å².